The van der Waals surface area contributed by atoms with Gasteiger partial charge in [-0.1, -0.05) is 42.5 Å². The molecule has 5 nitrogen and oxygen atoms in total. The average Bonchev–Trinajstić information content (AvgIpc) is 3.52. The van der Waals surface area contributed by atoms with Crippen molar-refractivity contribution >= 4 is 5.91 Å². The summed E-state index contributed by atoms with van der Waals surface area (Å²) in [5.41, 5.74) is 2.49. The molecule has 1 saturated heterocycles. The standard InChI is InChI=1S/C23H29N3O2/c1-25-11-13-26(14-12-25)23(27)16-24-22-15-21(22)19-7-9-20(10-8-19)28-17-18-5-3-2-4-6-18/h2-10,21-22,24H,11-17H2,1H3/t21-,22-/m1/s1. The number of benzene rings is 2. The normalized spacial score (nSPS) is 22.1. The van der Waals surface area contributed by atoms with Gasteiger partial charge >= 0.3 is 0 Å². The van der Waals surface area contributed by atoms with Crippen LogP contribution in [0.4, 0.5) is 0 Å². The van der Waals surface area contributed by atoms with E-state index in [1.807, 2.05) is 35.2 Å². The lowest BCUT2D eigenvalue weighted by Crippen LogP contribution is -2.49. The van der Waals surface area contributed by atoms with Crippen LogP contribution in [0.1, 0.15) is 23.5 Å². The number of likely N-dealkylation sites (N-methyl/N-ethyl adjacent to an activating group) is 1. The first kappa shape index (κ1) is 19.0. The lowest BCUT2D eigenvalue weighted by atomic mass is 10.1. The minimum atomic E-state index is 0.225. The van der Waals surface area contributed by atoms with E-state index in [1.54, 1.807) is 0 Å². The molecular weight excluding hydrogens is 350 g/mol. The van der Waals surface area contributed by atoms with Gasteiger partial charge in [-0.2, -0.15) is 0 Å². The predicted molar refractivity (Wildman–Crippen MR) is 110 cm³/mol. The molecule has 0 radical (unpaired) electrons. The maximum absolute atomic E-state index is 12.3. The average molecular weight is 380 g/mol. The third-order valence-corrected chi connectivity index (χ3v) is 5.72. The van der Waals surface area contributed by atoms with Crippen molar-refractivity contribution in [2.75, 3.05) is 39.8 Å². The molecule has 1 aliphatic carbocycles. The van der Waals surface area contributed by atoms with Gasteiger partial charge in [0.25, 0.3) is 0 Å². The van der Waals surface area contributed by atoms with Crippen LogP contribution < -0.4 is 10.1 Å². The summed E-state index contributed by atoms with van der Waals surface area (Å²) in [6, 6.07) is 19.0. The number of nitrogens with zero attached hydrogens (tertiary/aromatic N) is 2. The Kier molecular flexibility index (Phi) is 5.93. The second kappa shape index (κ2) is 8.76. The van der Waals surface area contributed by atoms with Crippen LogP contribution in [0, 0.1) is 0 Å². The van der Waals surface area contributed by atoms with Crippen LogP contribution in [-0.2, 0) is 11.4 Å². The molecule has 148 valence electrons. The molecule has 2 aliphatic rings. The van der Waals surface area contributed by atoms with E-state index < -0.39 is 0 Å². The van der Waals surface area contributed by atoms with Gasteiger partial charge < -0.3 is 19.9 Å². The smallest absolute Gasteiger partial charge is 0.236 e. The van der Waals surface area contributed by atoms with Crippen LogP contribution >= 0.6 is 0 Å². The highest BCUT2D eigenvalue weighted by Gasteiger charge is 2.38. The Morgan fingerprint density at radius 3 is 2.46 bits per heavy atom. The number of amides is 1. The van der Waals surface area contributed by atoms with Gasteiger partial charge in [-0.05, 0) is 36.7 Å². The maximum atomic E-state index is 12.3. The van der Waals surface area contributed by atoms with Crippen molar-refractivity contribution in [2.24, 2.45) is 0 Å². The molecule has 2 aromatic rings. The number of hydrogen-bond acceptors (Lipinski definition) is 4. The van der Waals surface area contributed by atoms with Crippen molar-refractivity contribution in [3.05, 3.63) is 65.7 Å². The third kappa shape index (κ3) is 4.91. The Morgan fingerprint density at radius 2 is 1.75 bits per heavy atom. The summed E-state index contributed by atoms with van der Waals surface area (Å²) < 4.78 is 5.86. The summed E-state index contributed by atoms with van der Waals surface area (Å²) in [6.45, 7) is 4.66. The molecule has 2 fully saturated rings. The Bertz CT molecular complexity index is 770. The number of piperazine rings is 1. The fourth-order valence-electron chi connectivity index (χ4n) is 3.73. The Labute approximate surface area is 167 Å². The highest BCUT2D eigenvalue weighted by atomic mass is 16.5. The zero-order valence-corrected chi connectivity index (χ0v) is 16.5. The zero-order chi connectivity index (χ0) is 19.3. The predicted octanol–water partition coefficient (Wildman–Crippen LogP) is 2.49. The van der Waals surface area contributed by atoms with Crippen molar-refractivity contribution in [2.45, 2.75) is 25.0 Å². The summed E-state index contributed by atoms with van der Waals surface area (Å²) in [5, 5.41) is 3.44. The number of carbonyl (C=O) groups is 1. The summed E-state index contributed by atoms with van der Waals surface area (Å²) >= 11 is 0. The first-order valence-corrected chi connectivity index (χ1v) is 10.2. The van der Waals surface area contributed by atoms with Crippen molar-refractivity contribution in [3.63, 3.8) is 0 Å². The van der Waals surface area contributed by atoms with E-state index in [0.29, 0.717) is 25.1 Å². The number of ether oxygens (including phenoxy) is 1. The summed E-state index contributed by atoms with van der Waals surface area (Å²) in [6.07, 6.45) is 1.10. The third-order valence-electron chi connectivity index (χ3n) is 5.72. The van der Waals surface area contributed by atoms with E-state index in [9.17, 15) is 4.79 Å². The molecule has 5 heteroatoms. The van der Waals surface area contributed by atoms with Gasteiger partial charge in [0.2, 0.25) is 5.91 Å². The lowest BCUT2D eigenvalue weighted by Gasteiger charge is -2.32. The van der Waals surface area contributed by atoms with Crippen LogP contribution in [0.3, 0.4) is 0 Å². The Balaban J connectivity index is 1.20. The van der Waals surface area contributed by atoms with Crippen molar-refractivity contribution < 1.29 is 9.53 Å². The summed E-state index contributed by atoms with van der Waals surface area (Å²) in [4.78, 5) is 16.6. The van der Waals surface area contributed by atoms with Crippen LogP contribution in [0.25, 0.3) is 0 Å². The van der Waals surface area contributed by atoms with E-state index in [1.165, 1.54) is 11.1 Å². The van der Waals surface area contributed by atoms with Gasteiger partial charge in [0.1, 0.15) is 12.4 Å². The number of carbonyl (C=O) groups excluding carboxylic acids is 1. The Morgan fingerprint density at radius 1 is 1.04 bits per heavy atom. The van der Waals surface area contributed by atoms with Gasteiger partial charge in [-0.25, -0.2) is 0 Å². The SMILES string of the molecule is CN1CCN(C(=O)CN[C@@H]2C[C@@H]2c2ccc(OCc3ccccc3)cc2)CC1. The fourth-order valence-corrected chi connectivity index (χ4v) is 3.73. The van der Waals surface area contributed by atoms with Crippen molar-refractivity contribution in [3.8, 4) is 5.75 Å². The van der Waals surface area contributed by atoms with Crippen molar-refractivity contribution in [1.82, 2.24) is 15.1 Å². The van der Waals surface area contributed by atoms with Gasteiger partial charge in [0.15, 0.2) is 0 Å². The first-order valence-electron chi connectivity index (χ1n) is 10.2. The molecule has 0 bridgehead atoms. The zero-order valence-electron chi connectivity index (χ0n) is 16.5. The number of nitrogens with one attached hydrogen (secondary N) is 1. The van der Waals surface area contributed by atoms with E-state index in [4.69, 9.17) is 4.74 Å². The van der Waals surface area contributed by atoms with E-state index in [0.717, 1.165) is 38.3 Å². The lowest BCUT2D eigenvalue weighted by molar-refractivity contribution is -0.131. The molecule has 2 aromatic carbocycles. The first-order chi connectivity index (χ1) is 13.7. The minimum Gasteiger partial charge on any atom is -0.489 e. The van der Waals surface area contributed by atoms with E-state index in [-0.39, 0.29) is 5.91 Å². The van der Waals surface area contributed by atoms with E-state index >= 15 is 0 Å². The molecule has 1 N–H and O–H groups in total. The van der Waals surface area contributed by atoms with Crippen LogP contribution in [0.15, 0.2) is 54.6 Å². The van der Waals surface area contributed by atoms with E-state index in [2.05, 4.69) is 41.5 Å². The second-order valence-corrected chi connectivity index (χ2v) is 7.86. The van der Waals surface area contributed by atoms with Gasteiger partial charge in [0, 0.05) is 38.1 Å². The van der Waals surface area contributed by atoms with Crippen LogP contribution in [-0.4, -0.2) is 61.5 Å². The number of rotatable bonds is 7. The fraction of sp³-hybridized carbons (Fsp3) is 0.435. The van der Waals surface area contributed by atoms with Crippen LogP contribution in [0.2, 0.25) is 0 Å². The van der Waals surface area contributed by atoms with Gasteiger partial charge in [-0.3, -0.25) is 4.79 Å². The molecule has 1 amide bonds. The molecule has 0 unspecified atom stereocenters. The molecule has 0 spiro atoms. The summed E-state index contributed by atoms with van der Waals surface area (Å²) in [7, 11) is 2.10. The second-order valence-electron chi connectivity index (χ2n) is 7.86. The number of hydrogen-bond donors (Lipinski definition) is 1. The van der Waals surface area contributed by atoms with Crippen LogP contribution in [0.5, 0.6) is 5.75 Å². The van der Waals surface area contributed by atoms with Gasteiger partial charge in [0.05, 0.1) is 6.54 Å². The topological polar surface area (TPSA) is 44.8 Å². The molecular formula is C23H29N3O2. The molecule has 4 rings (SSSR count). The van der Waals surface area contributed by atoms with Crippen molar-refractivity contribution in [1.29, 1.82) is 0 Å². The molecule has 2 atom stereocenters. The minimum absolute atomic E-state index is 0.225. The monoisotopic (exact) mass is 379 g/mol. The summed E-state index contributed by atoms with van der Waals surface area (Å²) in [5.74, 6) is 1.62. The largest absolute Gasteiger partial charge is 0.489 e. The molecule has 0 aromatic heterocycles. The molecule has 1 saturated carbocycles. The highest BCUT2D eigenvalue weighted by Crippen LogP contribution is 2.41. The molecule has 1 aliphatic heterocycles. The molecule has 28 heavy (non-hydrogen) atoms. The Hall–Kier alpha value is -2.37. The quantitative estimate of drug-likeness (QED) is 0.803. The van der Waals surface area contributed by atoms with Gasteiger partial charge in [-0.15, -0.1) is 0 Å². The molecule has 1 heterocycles. The maximum Gasteiger partial charge on any atom is 0.236 e. The highest BCUT2D eigenvalue weighted by molar-refractivity contribution is 5.78.